The van der Waals surface area contributed by atoms with Crippen molar-refractivity contribution in [2.24, 2.45) is 5.73 Å². The molecule has 0 aliphatic rings. The van der Waals surface area contributed by atoms with Crippen molar-refractivity contribution < 1.29 is 4.74 Å². The Morgan fingerprint density at radius 1 is 1.47 bits per heavy atom. The van der Waals surface area contributed by atoms with Crippen LogP contribution in [0.5, 0.6) is 5.75 Å². The van der Waals surface area contributed by atoms with Crippen molar-refractivity contribution in [1.29, 1.82) is 0 Å². The molecule has 0 amide bonds. The standard InChI is InChI=1S/C14H16N2OS2/c1-2-10-4-3-5-11(8-10)17-7-6-13-16-9-12(19-13)14(15)18/h3-5,8-9H,2,6-7H2,1H3,(H2,15,18). The van der Waals surface area contributed by atoms with Crippen LogP contribution in [0, 0.1) is 0 Å². The molecule has 0 aliphatic heterocycles. The Morgan fingerprint density at radius 2 is 2.32 bits per heavy atom. The summed E-state index contributed by atoms with van der Waals surface area (Å²) in [4.78, 5) is 5.54. The number of rotatable bonds is 6. The highest BCUT2D eigenvalue weighted by molar-refractivity contribution is 7.81. The number of nitrogens with two attached hydrogens (primary N) is 1. The average molecular weight is 292 g/mol. The Morgan fingerprint density at radius 3 is 3.00 bits per heavy atom. The molecule has 0 saturated heterocycles. The van der Waals surface area contributed by atoms with Crippen LogP contribution in [0.4, 0.5) is 0 Å². The van der Waals surface area contributed by atoms with Gasteiger partial charge in [-0.25, -0.2) is 4.98 Å². The molecule has 0 spiro atoms. The molecule has 2 rings (SSSR count). The Labute approximate surface area is 122 Å². The zero-order valence-corrected chi connectivity index (χ0v) is 12.4. The van der Waals surface area contributed by atoms with E-state index in [1.165, 1.54) is 16.9 Å². The van der Waals surface area contributed by atoms with E-state index in [0.29, 0.717) is 11.6 Å². The summed E-state index contributed by atoms with van der Waals surface area (Å²) in [5.41, 5.74) is 6.83. The maximum atomic E-state index is 5.72. The summed E-state index contributed by atoms with van der Waals surface area (Å²) in [5.74, 6) is 0.908. The van der Waals surface area contributed by atoms with Crippen LogP contribution < -0.4 is 10.5 Å². The summed E-state index contributed by atoms with van der Waals surface area (Å²) in [6.07, 6.45) is 3.50. The highest BCUT2D eigenvalue weighted by atomic mass is 32.1. The lowest BCUT2D eigenvalue weighted by molar-refractivity contribution is 0.321. The topological polar surface area (TPSA) is 48.1 Å². The van der Waals surface area contributed by atoms with Gasteiger partial charge >= 0.3 is 0 Å². The number of benzene rings is 1. The maximum Gasteiger partial charge on any atom is 0.119 e. The average Bonchev–Trinajstić information content (AvgIpc) is 2.88. The fraction of sp³-hybridized carbons (Fsp3) is 0.286. The molecule has 0 atom stereocenters. The third-order valence-electron chi connectivity index (χ3n) is 2.69. The van der Waals surface area contributed by atoms with Gasteiger partial charge in [0.05, 0.1) is 16.5 Å². The summed E-state index contributed by atoms with van der Waals surface area (Å²) < 4.78 is 5.72. The SMILES string of the molecule is CCc1cccc(OCCc2ncc(C(N)=S)s2)c1. The van der Waals surface area contributed by atoms with E-state index in [1.54, 1.807) is 6.20 Å². The van der Waals surface area contributed by atoms with Gasteiger partial charge in [-0.1, -0.05) is 31.3 Å². The molecule has 2 aromatic rings. The number of aryl methyl sites for hydroxylation is 1. The molecule has 19 heavy (non-hydrogen) atoms. The van der Waals surface area contributed by atoms with Crippen LogP contribution in [0.25, 0.3) is 0 Å². The molecule has 0 bridgehead atoms. The number of nitrogens with zero attached hydrogens (tertiary/aromatic N) is 1. The number of aromatic nitrogens is 1. The van der Waals surface area contributed by atoms with Gasteiger partial charge in [0.2, 0.25) is 0 Å². The molecule has 5 heteroatoms. The number of thiocarbonyl (C=S) groups is 1. The Kier molecular flexibility index (Phi) is 4.87. The van der Waals surface area contributed by atoms with Crippen LogP contribution in [0.2, 0.25) is 0 Å². The van der Waals surface area contributed by atoms with Gasteiger partial charge in [0.1, 0.15) is 10.7 Å². The first-order valence-electron chi connectivity index (χ1n) is 6.15. The van der Waals surface area contributed by atoms with Crippen LogP contribution in [-0.2, 0) is 12.8 Å². The van der Waals surface area contributed by atoms with Crippen LogP contribution in [-0.4, -0.2) is 16.6 Å². The lowest BCUT2D eigenvalue weighted by Gasteiger charge is -2.06. The second-order valence-electron chi connectivity index (χ2n) is 4.08. The summed E-state index contributed by atoms with van der Waals surface area (Å²) in [7, 11) is 0. The van der Waals surface area contributed by atoms with Crippen LogP contribution in [0.15, 0.2) is 30.5 Å². The quantitative estimate of drug-likeness (QED) is 0.832. The molecule has 1 aromatic heterocycles. The van der Waals surface area contributed by atoms with Gasteiger partial charge < -0.3 is 10.5 Å². The van der Waals surface area contributed by atoms with E-state index in [9.17, 15) is 0 Å². The van der Waals surface area contributed by atoms with Gasteiger partial charge in [0.15, 0.2) is 0 Å². The summed E-state index contributed by atoms with van der Waals surface area (Å²) in [6.45, 7) is 2.74. The van der Waals surface area contributed by atoms with Crippen molar-refractivity contribution in [2.75, 3.05) is 6.61 Å². The third kappa shape index (κ3) is 4.01. The Hall–Kier alpha value is -1.46. The minimum atomic E-state index is 0.403. The third-order valence-corrected chi connectivity index (χ3v) is 4.13. The first kappa shape index (κ1) is 14.0. The highest BCUT2D eigenvalue weighted by Crippen LogP contribution is 2.16. The van der Waals surface area contributed by atoms with E-state index >= 15 is 0 Å². The van der Waals surface area contributed by atoms with E-state index in [1.807, 2.05) is 12.1 Å². The minimum Gasteiger partial charge on any atom is -0.493 e. The van der Waals surface area contributed by atoms with Crippen molar-refractivity contribution >= 4 is 28.5 Å². The van der Waals surface area contributed by atoms with Crippen molar-refractivity contribution in [1.82, 2.24) is 4.98 Å². The van der Waals surface area contributed by atoms with E-state index in [-0.39, 0.29) is 0 Å². The van der Waals surface area contributed by atoms with Crippen LogP contribution in [0.3, 0.4) is 0 Å². The van der Waals surface area contributed by atoms with Gasteiger partial charge in [-0.2, -0.15) is 0 Å². The lowest BCUT2D eigenvalue weighted by Crippen LogP contribution is -2.06. The summed E-state index contributed by atoms with van der Waals surface area (Å²) >= 11 is 6.44. The molecule has 0 aliphatic carbocycles. The summed E-state index contributed by atoms with van der Waals surface area (Å²) in [5, 5.41) is 0.995. The van der Waals surface area contributed by atoms with Crippen molar-refractivity contribution in [2.45, 2.75) is 19.8 Å². The first-order chi connectivity index (χ1) is 9.19. The smallest absolute Gasteiger partial charge is 0.119 e. The Balaban J connectivity index is 1.86. The maximum absolute atomic E-state index is 5.72. The van der Waals surface area contributed by atoms with Gasteiger partial charge in [0.25, 0.3) is 0 Å². The predicted molar refractivity (Wildman–Crippen MR) is 83.0 cm³/mol. The molecule has 1 heterocycles. The zero-order chi connectivity index (χ0) is 13.7. The molecule has 0 radical (unpaired) electrons. The summed E-state index contributed by atoms with van der Waals surface area (Å²) in [6, 6.07) is 8.16. The van der Waals surface area contributed by atoms with Gasteiger partial charge in [-0.05, 0) is 24.1 Å². The second-order valence-corrected chi connectivity index (χ2v) is 5.64. The first-order valence-corrected chi connectivity index (χ1v) is 7.37. The lowest BCUT2D eigenvalue weighted by atomic mass is 10.2. The number of hydrogen-bond donors (Lipinski definition) is 1. The van der Waals surface area contributed by atoms with E-state index < -0.39 is 0 Å². The zero-order valence-electron chi connectivity index (χ0n) is 10.8. The highest BCUT2D eigenvalue weighted by Gasteiger charge is 2.04. The number of thiazole rings is 1. The molecule has 1 aromatic carbocycles. The molecule has 0 saturated carbocycles. The van der Waals surface area contributed by atoms with E-state index in [0.717, 1.165) is 28.5 Å². The Bertz CT molecular complexity index is 566. The largest absolute Gasteiger partial charge is 0.493 e. The molecular weight excluding hydrogens is 276 g/mol. The second kappa shape index (κ2) is 6.63. The molecule has 3 nitrogen and oxygen atoms in total. The monoisotopic (exact) mass is 292 g/mol. The van der Waals surface area contributed by atoms with Crippen molar-refractivity contribution in [3.05, 3.63) is 45.9 Å². The molecular formula is C14H16N2OS2. The minimum absolute atomic E-state index is 0.403. The van der Waals surface area contributed by atoms with Crippen LogP contribution in [0.1, 0.15) is 22.4 Å². The van der Waals surface area contributed by atoms with Crippen molar-refractivity contribution in [3.63, 3.8) is 0 Å². The number of hydrogen-bond acceptors (Lipinski definition) is 4. The molecule has 100 valence electrons. The fourth-order valence-corrected chi connectivity index (χ4v) is 2.58. The normalized spacial score (nSPS) is 10.4. The van der Waals surface area contributed by atoms with Gasteiger partial charge in [-0.3, -0.25) is 0 Å². The molecule has 2 N–H and O–H groups in total. The molecule has 0 unspecified atom stereocenters. The van der Waals surface area contributed by atoms with Crippen molar-refractivity contribution in [3.8, 4) is 5.75 Å². The predicted octanol–water partition coefficient (Wildman–Crippen LogP) is 2.96. The van der Waals surface area contributed by atoms with E-state index in [2.05, 4.69) is 24.0 Å². The van der Waals surface area contributed by atoms with Gasteiger partial charge in [-0.15, -0.1) is 11.3 Å². The number of ether oxygens (including phenoxy) is 1. The van der Waals surface area contributed by atoms with Gasteiger partial charge in [0, 0.05) is 12.6 Å². The fourth-order valence-electron chi connectivity index (χ4n) is 1.65. The molecule has 0 fully saturated rings. The van der Waals surface area contributed by atoms with E-state index in [4.69, 9.17) is 22.7 Å². The van der Waals surface area contributed by atoms with Crippen LogP contribution >= 0.6 is 23.6 Å².